The summed E-state index contributed by atoms with van der Waals surface area (Å²) in [6, 6.07) is 8.10. The van der Waals surface area contributed by atoms with E-state index in [1.807, 2.05) is 38.4 Å². The van der Waals surface area contributed by atoms with Gasteiger partial charge in [-0.25, -0.2) is 4.98 Å². The number of hydrogen-bond donors (Lipinski definition) is 1. The van der Waals surface area contributed by atoms with Crippen molar-refractivity contribution in [3.63, 3.8) is 0 Å². The molecule has 0 saturated carbocycles. The summed E-state index contributed by atoms with van der Waals surface area (Å²) in [5.74, 6) is -0.0430. The molecule has 1 aromatic heterocycles. The lowest BCUT2D eigenvalue weighted by atomic mass is 9.93. The third kappa shape index (κ3) is 4.95. The largest absolute Gasteiger partial charge is 0.481 e. The molecule has 2 rings (SSSR count). The van der Waals surface area contributed by atoms with E-state index in [2.05, 4.69) is 21.7 Å². The number of benzene rings is 1. The molecule has 0 bridgehead atoms. The Morgan fingerprint density at radius 3 is 2.57 bits per heavy atom. The highest BCUT2D eigenvalue weighted by atomic mass is 16.4. The number of unbranched alkanes of at least 4 members (excludes halogenated alkanes) is 1. The van der Waals surface area contributed by atoms with E-state index < -0.39 is 5.97 Å². The summed E-state index contributed by atoms with van der Waals surface area (Å²) in [5, 5.41) is 9.31. The van der Waals surface area contributed by atoms with Crippen molar-refractivity contribution in [2.24, 2.45) is 0 Å². The molecule has 0 radical (unpaired) electrons. The number of hydrogen-bond acceptors (Lipinski definition) is 2. The van der Waals surface area contributed by atoms with Crippen molar-refractivity contribution in [2.75, 3.05) is 0 Å². The summed E-state index contributed by atoms with van der Waals surface area (Å²) in [6.45, 7) is 5.04. The van der Waals surface area contributed by atoms with Gasteiger partial charge in [-0.2, -0.15) is 0 Å². The number of rotatable bonds is 9. The number of carbonyl (C=O) groups is 1. The third-order valence-electron chi connectivity index (χ3n) is 4.30. The molecular formula is C19H26N2O2. The molecule has 1 atom stereocenters. The van der Waals surface area contributed by atoms with Crippen LogP contribution in [0.4, 0.5) is 0 Å². The van der Waals surface area contributed by atoms with Gasteiger partial charge in [-0.15, -0.1) is 0 Å². The standard InChI is InChI=1S/C19H26N2O2/c1-3-6-18(19(22)23)17-10-8-16(9-11-17)7-4-5-13-21-14-12-20-15(21)2/h8-12,14,18H,3-7,13H2,1-2H3,(H,22,23). The first-order valence-corrected chi connectivity index (χ1v) is 8.41. The average Bonchev–Trinajstić information content (AvgIpc) is 2.95. The quantitative estimate of drug-likeness (QED) is 0.706. The maximum atomic E-state index is 11.3. The summed E-state index contributed by atoms with van der Waals surface area (Å²) in [4.78, 5) is 15.5. The van der Waals surface area contributed by atoms with E-state index in [1.54, 1.807) is 0 Å². The van der Waals surface area contributed by atoms with Crippen molar-refractivity contribution in [2.45, 2.75) is 58.4 Å². The van der Waals surface area contributed by atoms with Gasteiger partial charge in [-0.05, 0) is 43.7 Å². The molecule has 0 spiro atoms. The zero-order valence-electron chi connectivity index (χ0n) is 14.0. The number of aromatic nitrogens is 2. The van der Waals surface area contributed by atoms with Crippen LogP contribution in [0.1, 0.15) is 55.5 Å². The molecular weight excluding hydrogens is 288 g/mol. The predicted molar refractivity (Wildman–Crippen MR) is 91.6 cm³/mol. The first-order chi connectivity index (χ1) is 11.1. The minimum Gasteiger partial charge on any atom is -0.481 e. The fraction of sp³-hybridized carbons (Fsp3) is 0.474. The molecule has 1 unspecified atom stereocenters. The smallest absolute Gasteiger partial charge is 0.310 e. The third-order valence-corrected chi connectivity index (χ3v) is 4.30. The number of imidazole rings is 1. The number of aryl methyl sites for hydroxylation is 3. The predicted octanol–water partition coefficient (Wildman–Crippen LogP) is 4.18. The molecule has 0 fully saturated rings. The number of nitrogens with zero attached hydrogens (tertiary/aromatic N) is 2. The molecule has 1 heterocycles. The Kier molecular flexibility index (Phi) is 6.39. The van der Waals surface area contributed by atoms with Crippen molar-refractivity contribution in [1.82, 2.24) is 9.55 Å². The van der Waals surface area contributed by atoms with E-state index in [1.165, 1.54) is 5.56 Å². The molecule has 1 N–H and O–H groups in total. The van der Waals surface area contributed by atoms with Crippen LogP contribution in [-0.4, -0.2) is 20.6 Å². The average molecular weight is 314 g/mol. The highest BCUT2D eigenvalue weighted by molar-refractivity contribution is 5.76. The SMILES string of the molecule is CCCC(C(=O)O)c1ccc(CCCCn2ccnc2C)cc1. The minimum atomic E-state index is -0.727. The maximum Gasteiger partial charge on any atom is 0.310 e. The monoisotopic (exact) mass is 314 g/mol. The molecule has 4 nitrogen and oxygen atoms in total. The Morgan fingerprint density at radius 2 is 2.00 bits per heavy atom. The summed E-state index contributed by atoms with van der Waals surface area (Å²) in [5.41, 5.74) is 2.19. The molecule has 0 amide bonds. The molecule has 0 aliphatic heterocycles. The normalized spacial score (nSPS) is 12.3. The van der Waals surface area contributed by atoms with Crippen LogP contribution in [0.25, 0.3) is 0 Å². The Balaban J connectivity index is 1.82. The maximum absolute atomic E-state index is 11.3. The van der Waals surface area contributed by atoms with Gasteiger partial charge in [-0.3, -0.25) is 4.79 Å². The molecule has 1 aromatic carbocycles. The van der Waals surface area contributed by atoms with Crippen LogP contribution in [0.2, 0.25) is 0 Å². The van der Waals surface area contributed by atoms with Gasteiger partial charge in [0.25, 0.3) is 0 Å². The van der Waals surface area contributed by atoms with Crippen LogP contribution in [-0.2, 0) is 17.8 Å². The molecule has 4 heteroatoms. The Morgan fingerprint density at radius 1 is 1.26 bits per heavy atom. The fourth-order valence-electron chi connectivity index (χ4n) is 2.89. The molecule has 23 heavy (non-hydrogen) atoms. The first-order valence-electron chi connectivity index (χ1n) is 8.41. The minimum absolute atomic E-state index is 0.377. The Labute approximate surface area is 138 Å². The summed E-state index contributed by atoms with van der Waals surface area (Å²) in [6.07, 6.45) is 8.69. The van der Waals surface area contributed by atoms with Crippen molar-refractivity contribution in [3.8, 4) is 0 Å². The summed E-state index contributed by atoms with van der Waals surface area (Å²) in [7, 11) is 0. The van der Waals surface area contributed by atoms with Gasteiger partial charge in [0, 0.05) is 18.9 Å². The lowest BCUT2D eigenvalue weighted by Crippen LogP contribution is -2.11. The molecule has 0 saturated heterocycles. The fourth-order valence-corrected chi connectivity index (χ4v) is 2.89. The van der Waals surface area contributed by atoms with Gasteiger partial charge >= 0.3 is 5.97 Å². The lowest BCUT2D eigenvalue weighted by molar-refractivity contribution is -0.139. The highest BCUT2D eigenvalue weighted by Gasteiger charge is 2.18. The topological polar surface area (TPSA) is 55.1 Å². The zero-order chi connectivity index (χ0) is 16.7. The summed E-state index contributed by atoms with van der Waals surface area (Å²) >= 11 is 0. The molecule has 2 aromatic rings. The first kappa shape index (κ1) is 17.3. The second-order valence-corrected chi connectivity index (χ2v) is 6.05. The van der Waals surface area contributed by atoms with Gasteiger partial charge in [0.1, 0.15) is 5.82 Å². The second kappa shape index (κ2) is 8.51. The van der Waals surface area contributed by atoms with Gasteiger partial charge in [0.15, 0.2) is 0 Å². The van der Waals surface area contributed by atoms with E-state index in [-0.39, 0.29) is 5.92 Å². The van der Waals surface area contributed by atoms with Gasteiger partial charge in [0.05, 0.1) is 5.92 Å². The zero-order valence-corrected chi connectivity index (χ0v) is 14.0. The second-order valence-electron chi connectivity index (χ2n) is 6.05. The number of carboxylic acids is 1. The van der Waals surface area contributed by atoms with Crippen LogP contribution in [0.15, 0.2) is 36.7 Å². The van der Waals surface area contributed by atoms with Crippen LogP contribution < -0.4 is 0 Å². The van der Waals surface area contributed by atoms with Crippen LogP contribution in [0, 0.1) is 6.92 Å². The van der Waals surface area contributed by atoms with E-state index >= 15 is 0 Å². The highest BCUT2D eigenvalue weighted by Crippen LogP contribution is 2.22. The lowest BCUT2D eigenvalue weighted by Gasteiger charge is -2.12. The van der Waals surface area contributed by atoms with Crippen LogP contribution >= 0.6 is 0 Å². The number of aliphatic carboxylic acids is 1. The van der Waals surface area contributed by atoms with E-state index in [9.17, 15) is 9.90 Å². The molecule has 0 aliphatic carbocycles. The number of carboxylic acid groups (broad SMARTS) is 1. The molecule has 0 aliphatic rings. The van der Waals surface area contributed by atoms with Gasteiger partial charge in [0.2, 0.25) is 0 Å². The van der Waals surface area contributed by atoms with Crippen molar-refractivity contribution >= 4 is 5.97 Å². The van der Waals surface area contributed by atoms with Crippen molar-refractivity contribution in [3.05, 3.63) is 53.6 Å². The molecule has 124 valence electrons. The van der Waals surface area contributed by atoms with Crippen LogP contribution in [0.5, 0.6) is 0 Å². The van der Waals surface area contributed by atoms with Crippen molar-refractivity contribution < 1.29 is 9.90 Å². The van der Waals surface area contributed by atoms with E-state index in [0.717, 1.165) is 43.6 Å². The van der Waals surface area contributed by atoms with E-state index in [4.69, 9.17) is 0 Å². The Bertz CT molecular complexity index is 617. The Hall–Kier alpha value is -2.10. The van der Waals surface area contributed by atoms with Gasteiger partial charge in [-0.1, -0.05) is 37.6 Å². The van der Waals surface area contributed by atoms with Gasteiger partial charge < -0.3 is 9.67 Å². The van der Waals surface area contributed by atoms with E-state index in [0.29, 0.717) is 6.42 Å². The summed E-state index contributed by atoms with van der Waals surface area (Å²) < 4.78 is 2.17. The van der Waals surface area contributed by atoms with Crippen molar-refractivity contribution in [1.29, 1.82) is 0 Å². The van der Waals surface area contributed by atoms with Crippen LogP contribution in [0.3, 0.4) is 0 Å².